The summed E-state index contributed by atoms with van der Waals surface area (Å²) in [7, 11) is 0. The molecule has 7 nitrogen and oxygen atoms in total. The highest BCUT2D eigenvalue weighted by Crippen LogP contribution is 2.23. The van der Waals surface area contributed by atoms with Gasteiger partial charge in [0.1, 0.15) is 0 Å². The number of nitrogens with zero attached hydrogens (tertiary/aromatic N) is 1. The lowest BCUT2D eigenvalue weighted by Crippen LogP contribution is -2.42. The molecular formula is C19H23NO6. The highest BCUT2D eigenvalue weighted by atomic mass is 16.7. The van der Waals surface area contributed by atoms with Gasteiger partial charge in [0.05, 0.1) is 13.0 Å². The topological polar surface area (TPSA) is 82.1 Å². The van der Waals surface area contributed by atoms with Crippen LogP contribution in [-0.4, -0.2) is 41.7 Å². The summed E-state index contributed by atoms with van der Waals surface area (Å²) in [5.74, 6) is -3.14. The Morgan fingerprint density at radius 1 is 1.15 bits per heavy atom. The first-order valence-corrected chi connectivity index (χ1v) is 8.43. The van der Waals surface area contributed by atoms with Crippen molar-refractivity contribution in [3.05, 3.63) is 47.7 Å². The minimum absolute atomic E-state index is 0.125. The molecule has 0 bridgehead atoms. The molecule has 0 amide bonds. The van der Waals surface area contributed by atoms with Crippen molar-refractivity contribution >= 4 is 17.9 Å². The fourth-order valence-corrected chi connectivity index (χ4v) is 2.42. The lowest BCUT2D eigenvalue weighted by molar-refractivity contribution is -0.222. The maximum Gasteiger partial charge on any atom is 0.350 e. The van der Waals surface area contributed by atoms with Gasteiger partial charge in [-0.2, -0.15) is 0 Å². The third-order valence-electron chi connectivity index (χ3n) is 3.57. The van der Waals surface area contributed by atoms with Crippen molar-refractivity contribution in [1.29, 1.82) is 0 Å². The Morgan fingerprint density at radius 3 is 2.35 bits per heavy atom. The largest absolute Gasteiger partial charge is 0.466 e. The number of hydrogen-bond acceptors (Lipinski definition) is 7. The van der Waals surface area contributed by atoms with Gasteiger partial charge in [0.15, 0.2) is 5.57 Å². The minimum Gasteiger partial charge on any atom is -0.466 e. The summed E-state index contributed by atoms with van der Waals surface area (Å²) in [4.78, 5) is 37.6. The van der Waals surface area contributed by atoms with Crippen molar-refractivity contribution in [1.82, 2.24) is 4.90 Å². The van der Waals surface area contributed by atoms with Crippen molar-refractivity contribution in [2.24, 2.45) is 0 Å². The Kier molecular flexibility index (Phi) is 6.38. The monoisotopic (exact) mass is 361 g/mol. The number of ether oxygens (including phenoxy) is 3. The third kappa shape index (κ3) is 5.61. The van der Waals surface area contributed by atoms with E-state index in [4.69, 9.17) is 14.2 Å². The molecule has 0 N–H and O–H groups in total. The van der Waals surface area contributed by atoms with Gasteiger partial charge in [0.25, 0.3) is 5.79 Å². The van der Waals surface area contributed by atoms with Crippen LogP contribution in [0.2, 0.25) is 0 Å². The molecule has 0 aromatic heterocycles. The summed E-state index contributed by atoms with van der Waals surface area (Å²) in [6.07, 6.45) is 1.51. The first-order valence-electron chi connectivity index (χ1n) is 8.43. The van der Waals surface area contributed by atoms with Gasteiger partial charge in [-0.1, -0.05) is 30.3 Å². The third-order valence-corrected chi connectivity index (χ3v) is 3.57. The molecule has 1 saturated heterocycles. The molecule has 26 heavy (non-hydrogen) atoms. The Balaban J connectivity index is 2.18. The highest BCUT2D eigenvalue weighted by molar-refractivity contribution is 6.15. The molecule has 0 saturated carbocycles. The van der Waals surface area contributed by atoms with Crippen molar-refractivity contribution in [3.8, 4) is 0 Å². The van der Waals surface area contributed by atoms with E-state index in [1.807, 2.05) is 30.3 Å². The molecule has 0 unspecified atom stereocenters. The lowest BCUT2D eigenvalue weighted by atomic mass is 10.2. The molecule has 1 heterocycles. The van der Waals surface area contributed by atoms with E-state index < -0.39 is 17.7 Å². The molecule has 0 aliphatic carbocycles. The zero-order chi connectivity index (χ0) is 19.2. The van der Waals surface area contributed by atoms with E-state index in [0.717, 1.165) is 5.56 Å². The van der Waals surface area contributed by atoms with Crippen molar-refractivity contribution in [3.63, 3.8) is 0 Å². The first-order chi connectivity index (χ1) is 12.3. The van der Waals surface area contributed by atoms with Gasteiger partial charge in [-0.05, 0) is 12.5 Å². The Morgan fingerprint density at radius 2 is 1.77 bits per heavy atom. The summed E-state index contributed by atoms with van der Waals surface area (Å²) in [5, 5.41) is 0. The summed E-state index contributed by atoms with van der Waals surface area (Å²) < 4.78 is 15.1. The molecule has 1 aromatic carbocycles. The van der Waals surface area contributed by atoms with Crippen LogP contribution < -0.4 is 0 Å². The Bertz CT molecular complexity index is 673. The van der Waals surface area contributed by atoms with Gasteiger partial charge >= 0.3 is 17.9 Å². The van der Waals surface area contributed by atoms with Crippen molar-refractivity contribution in [2.45, 2.75) is 39.5 Å². The van der Waals surface area contributed by atoms with Crippen molar-refractivity contribution < 1.29 is 28.6 Å². The zero-order valence-electron chi connectivity index (χ0n) is 15.2. The van der Waals surface area contributed by atoms with E-state index in [-0.39, 0.29) is 24.5 Å². The van der Waals surface area contributed by atoms with E-state index in [2.05, 4.69) is 0 Å². The minimum atomic E-state index is -1.29. The number of carbonyl (C=O) groups excluding carboxylic acids is 3. The zero-order valence-corrected chi connectivity index (χ0v) is 15.2. The summed E-state index contributed by atoms with van der Waals surface area (Å²) in [6.45, 7) is 5.70. The number of carbonyl (C=O) groups is 3. The first kappa shape index (κ1) is 19.5. The summed E-state index contributed by atoms with van der Waals surface area (Å²) in [6, 6.07) is 9.49. The van der Waals surface area contributed by atoms with E-state index >= 15 is 0 Å². The average Bonchev–Trinajstić information content (AvgIpc) is 2.56. The van der Waals surface area contributed by atoms with Gasteiger partial charge in [0, 0.05) is 33.1 Å². The van der Waals surface area contributed by atoms with Crippen LogP contribution in [0.4, 0.5) is 0 Å². The van der Waals surface area contributed by atoms with Gasteiger partial charge in [0.2, 0.25) is 0 Å². The number of esters is 3. The van der Waals surface area contributed by atoms with Gasteiger partial charge in [-0.25, -0.2) is 9.59 Å². The van der Waals surface area contributed by atoms with Crippen LogP contribution in [0.3, 0.4) is 0 Å². The van der Waals surface area contributed by atoms with E-state index in [0.29, 0.717) is 13.2 Å². The molecule has 0 radical (unpaired) electrons. The summed E-state index contributed by atoms with van der Waals surface area (Å²) in [5.41, 5.74) is 0.759. The van der Waals surface area contributed by atoms with E-state index in [9.17, 15) is 14.4 Å². The molecule has 1 aromatic rings. The van der Waals surface area contributed by atoms with Crippen LogP contribution in [0.25, 0.3) is 0 Å². The summed E-state index contributed by atoms with van der Waals surface area (Å²) >= 11 is 0. The van der Waals surface area contributed by atoms with E-state index in [1.165, 1.54) is 20.0 Å². The van der Waals surface area contributed by atoms with Crippen molar-refractivity contribution in [2.75, 3.05) is 13.2 Å². The van der Waals surface area contributed by atoms with Crippen LogP contribution >= 0.6 is 0 Å². The predicted molar refractivity (Wildman–Crippen MR) is 92.4 cm³/mol. The Labute approximate surface area is 152 Å². The Hall–Kier alpha value is -2.83. The fourth-order valence-electron chi connectivity index (χ4n) is 2.42. The van der Waals surface area contributed by atoms with Crippen LogP contribution in [0.5, 0.6) is 0 Å². The second-order valence-corrected chi connectivity index (χ2v) is 6.23. The van der Waals surface area contributed by atoms with Gasteiger partial charge in [-0.3, -0.25) is 4.79 Å². The van der Waals surface area contributed by atoms with Crippen LogP contribution in [0.15, 0.2) is 42.1 Å². The van der Waals surface area contributed by atoms with Crippen LogP contribution in [0, 0.1) is 0 Å². The number of hydrogen-bond donors (Lipinski definition) is 0. The van der Waals surface area contributed by atoms with Crippen LogP contribution in [-0.2, 0) is 35.1 Å². The normalized spacial score (nSPS) is 15.7. The molecule has 140 valence electrons. The average molecular weight is 361 g/mol. The molecule has 1 fully saturated rings. The molecular weight excluding hydrogens is 338 g/mol. The van der Waals surface area contributed by atoms with Crippen LogP contribution in [0.1, 0.15) is 32.8 Å². The van der Waals surface area contributed by atoms with Gasteiger partial charge < -0.3 is 19.1 Å². The van der Waals surface area contributed by atoms with Gasteiger partial charge in [-0.15, -0.1) is 0 Å². The smallest absolute Gasteiger partial charge is 0.350 e. The molecule has 2 rings (SSSR count). The number of benzene rings is 1. The molecule has 0 atom stereocenters. The highest BCUT2D eigenvalue weighted by Gasteiger charge is 2.39. The predicted octanol–water partition coefficient (Wildman–Crippen LogP) is 2.16. The quantitative estimate of drug-likeness (QED) is 0.418. The SMILES string of the molecule is CCOC(=O)CCN(C=C1C(=O)OC(C)(C)OC1=O)Cc1ccccc1. The second kappa shape index (κ2) is 8.51. The molecule has 1 aliphatic rings. The number of rotatable bonds is 7. The standard InChI is InChI=1S/C19H23NO6/c1-4-24-16(21)10-11-20(12-14-8-6-5-7-9-14)13-15-17(22)25-19(2,3)26-18(15)23/h5-9,13H,4,10-12H2,1-3H3. The molecule has 1 aliphatic heterocycles. The second-order valence-electron chi connectivity index (χ2n) is 6.23. The fraction of sp³-hybridized carbons (Fsp3) is 0.421. The molecule has 0 spiro atoms. The lowest BCUT2D eigenvalue weighted by Gasteiger charge is -2.31. The maximum atomic E-state index is 12.1. The molecule has 7 heteroatoms. The maximum absolute atomic E-state index is 12.1. The number of cyclic esters (lactones) is 2. The van der Waals surface area contributed by atoms with E-state index in [1.54, 1.807) is 11.8 Å².